The van der Waals surface area contributed by atoms with E-state index >= 15 is 0 Å². The summed E-state index contributed by atoms with van der Waals surface area (Å²) in [7, 11) is -3.12. The Morgan fingerprint density at radius 1 is 1.17 bits per heavy atom. The van der Waals surface area contributed by atoms with Gasteiger partial charge in [-0.2, -0.15) is 0 Å². The van der Waals surface area contributed by atoms with Crippen LogP contribution in [-0.4, -0.2) is 21.2 Å². The number of anilines is 1. The van der Waals surface area contributed by atoms with Crippen LogP contribution in [0.4, 0.5) is 5.69 Å². The molecule has 0 aliphatic rings. The Kier molecular flexibility index (Phi) is 3.72. The highest BCUT2D eigenvalue weighted by atomic mass is 32.2. The molecule has 0 bridgehead atoms. The summed E-state index contributed by atoms with van der Waals surface area (Å²) >= 11 is 0. The number of benzene rings is 1. The Hall–Kier alpha value is -1.75. The predicted molar refractivity (Wildman–Crippen MR) is 70.5 cm³/mol. The number of furan rings is 1. The van der Waals surface area contributed by atoms with E-state index in [0.717, 1.165) is 24.4 Å². The molecular weight excluding hydrogens is 250 g/mol. The van der Waals surface area contributed by atoms with E-state index in [1.165, 1.54) is 6.26 Å². The van der Waals surface area contributed by atoms with Gasteiger partial charge in [-0.3, -0.25) is 0 Å². The normalized spacial score (nSPS) is 11.4. The van der Waals surface area contributed by atoms with Gasteiger partial charge in [0.1, 0.15) is 5.76 Å². The van der Waals surface area contributed by atoms with Gasteiger partial charge in [-0.15, -0.1) is 0 Å². The quantitative estimate of drug-likeness (QED) is 0.901. The molecule has 0 atom stereocenters. The van der Waals surface area contributed by atoms with Gasteiger partial charge in [-0.1, -0.05) is 0 Å². The molecule has 0 amide bonds. The van der Waals surface area contributed by atoms with Crippen LogP contribution in [0.2, 0.25) is 0 Å². The van der Waals surface area contributed by atoms with Crippen LogP contribution in [-0.2, 0) is 16.3 Å². The molecule has 18 heavy (non-hydrogen) atoms. The van der Waals surface area contributed by atoms with Crippen LogP contribution in [0.25, 0.3) is 0 Å². The van der Waals surface area contributed by atoms with Crippen molar-refractivity contribution in [3.05, 3.63) is 48.4 Å². The number of hydrogen-bond donors (Lipinski definition) is 1. The van der Waals surface area contributed by atoms with Gasteiger partial charge >= 0.3 is 0 Å². The topological polar surface area (TPSA) is 59.3 Å². The molecule has 1 aromatic carbocycles. The number of nitrogens with one attached hydrogen (secondary N) is 1. The highest BCUT2D eigenvalue weighted by Crippen LogP contribution is 2.13. The minimum Gasteiger partial charge on any atom is -0.469 e. The molecule has 0 saturated carbocycles. The minimum atomic E-state index is -3.12. The minimum absolute atomic E-state index is 0.332. The molecule has 0 aliphatic carbocycles. The van der Waals surface area contributed by atoms with Gasteiger partial charge in [0.25, 0.3) is 0 Å². The first-order chi connectivity index (χ1) is 8.55. The largest absolute Gasteiger partial charge is 0.469 e. The smallest absolute Gasteiger partial charge is 0.175 e. The van der Waals surface area contributed by atoms with Crippen molar-refractivity contribution in [2.24, 2.45) is 0 Å². The first-order valence-corrected chi connectivity index (χ1v) is 7.51. The van der Waals surface area contributed by atoms with Crippen LogP contribution in [0.15, 0.2) is 52.0 Å². The van der Waals surface area contributed by atoms with E-state index in [9.17, 15) is 8.42 Å². The maximum atomic E-state index is 11.3. The van der Waals surface area contributed by atoms with Crippen LogP contribution in [0.5, 0.6) is 0 Å². The summed E-state index contributed by atoms with van der Waals surface area (Å²) in [5.41, 5.74) is 0.897. The lowest BCUT2D eigenvalue weighted by atomic mass is 10.3. The maximum absolute atomic E-state index is 11.3. The molecule has 4 nitrogen and oxygen atoms in total. The fourth-order valence-corrected chi connectivity index (χ4v) is 2.24. The van der Waals surface area contributed by atoms with Crippen LogP contribution in [0, 0.1) is 0 Å². The molecule has 1 heterocycles. The average molecular weight is 265 g/mol. The van der Waals surface area contributed by atoms with E-state index in [-0.39, 0.29) is 0 Å². The average Bonchev–Trinajstić information content (AvgIpc) is 2.82. The van der Waals surface area contributed by atoms with Crippen molar-refractivity contribution in [2.45, 2.75) is 11.3 Å². The van der Waals surface area contributed by atoms with Crippen LogP contribution in [0.3, 0.4) is 0 Å². The lowest BCUT2D eigenvalue weighted by Gasteiger charge is -2.06. The first kappa shape index (κ1) is 12.7. The molecule has 0 radical (unpaired) electrons. The summed E-state index contributed by atoms with van der Waals surface area (Å²) in [5.74, 6) is 0.926. The van der Waals surface area contributed by atoms with E-state index in [1.807, 2.05) is 12.1 Å². The third-order valence-corrected chi connectivity index (χ3v) is 3.69. The van der Waals surface area contributed by atoms with Crippen LogP contribution in [0.1, 0.15) is 5.76 Å². The third kappa shape index (κ3) is 3.37. The third-order valence-electron chi connectivity index (χ3n) is 2.56. The van der Waals surface area contributed by atoms with Gasteiger partial charge < -0.3 is 9.73 Å². The molecule has 2 rings (SSSR count). The van der Waals surface area contributed by atoms with Crippen molar-refractivity contribution in [3.8, 4) is 0 Å². The summed E-state index contributed by atoms with van der Waals surface area (Å²) in [6.45, 7) is 0.742. The van der Waals surface area contributed by atoms with Crippen molar-refractivity contribution in [1.82, 2.24) is 0 Å². The zero-order valence-corrected chi connectivity index (χ0v) is 10.9. The first-order valence-electron chi connectivity index (χ1n) is 5.62. The lowest BCUT2D eigenvalue weighted by molar-refractivity contribution is 0.513. The van der Waals surface area contributed by atoms with E-state index in [0.29, 0.717) is 4.90 Å². The van der Waals surface area contributed by atoms with E-state index < -0.39 is 9.84 Å². The standard InChI is InChI=1S/C13H15NO3S/c1-18(15,16)13-6-4-11(5-7-13)14-9-8-12-3-2-10-17-12/h2-7,10,14H,8-9H2,1H3. The van der Waals surface area contributed by atoms with Gasteiger partial charge in [0.05, 0.1) is 11.2 Å². The number of hydrogen-bond acceptors (Lipinski definition) is 4. The predicted octanol–water partition coefficient (Wildman–Crippen LogP) is 2.34. The molecule has 0 unspecified atom stereocenters. The van der Waals surface area contributed by atoms with Crippen molar-refractivity contribution in [1.29, 1.82) is 0 Å². The zero-order valence-electron chi connectivity index (χ0n) is 10.1. The van der Waals surface area contributed by atoms with E-state index in [2.05, 4.69) is 5.32 Å². The van der Waals surface area contributed by atoms with Gasteiger partial charge in [0, 0.05) is 24.9 Å². The van der Waals surface area contributed by atoms with E-state index in [1.54, 1.807) is 30.5 Å². The van der Waals surface area contributed by atoms with E-state index in [4.69, 9.17) is 4.42 Å². The van der Waals surface area contributed by atoms with Gasteiger partial charge in [-0.05, 0) is 36.4 Å². The lowest BCUT2D eigenvalue weighted by Crippen LogP contribution is -2.04. The number of sulfone groups is 1. The Morgan fingerprint density at radius 3 is 2.44 bits per heavy atom. The van der Waals surface area contributed by atoms with Crippen molar-refractivity contribution < 1.29 is 12.8 Å². The summed E-state index contributed by atoms with van der Waals surface area (Å²) in [5, 5.41) is 3.21. The Bertz CT molecular complexity index is 586. The molecule has 1 aromatic heterocycles. The van der Waals surface area contributed by atoms with Crippen molar-refractivity contribution in [3.63, 3.8) is 0 Å². The Labute approximate surface area is 107 Å². The molecule has 5 heteroatoms. The second-order valence-electron chi connectivity index (χ2n) is 4.05. The highest BCUT2D eigenvalue weighted by molar-refractivity contribution is 7.90. The molecule has 2 aromatic rings. The fourth-order valence-electron chi connectivity index (χ4n) is 1.60. The maximum Gasteiger partial charge on any atom is 0.175 e. The zero-order chi connectivity index (χ0) is 13.0. The summed E-state index contributed by atoms with van der Waals surface area (Å²) in [6, 6.07) is 10.5. The summed E-state index contributed by atoms with van der Waals surface area (Å²) in [6.07, 6.45) is 3.64. The molecule has 0 spiro atoms. The van der Waals surface area contributed by atoms with Crippen LogP contribution < -0.4 is 5.32 Å². The molecule has 0 aliphatic heterocycles. The SMILES string of the molecule is CS(=O)(=O)c1ccc(NCCc2ccco2)cc1. The molecular formula is C13H15NO3S. The summed E-state index contributed by atoms with van der Waals surface area (Å²) < 4.78 is 27.8. The fraction of sp³-hybridized carbons (Fsp3) is 0.231. The van der Waals surface area contributed by atoms with Crippen molar-refractivity contribution in [2.75, 3.05) is 18.1 Å². The molecule has 1 N–H and O–H groups in total. The Morgan fingerprint density at radius 2 is 1.89 bits per heavy atom. The second kappa shape index (κ2) is 5.27. The molecule has 0 fully saturated rings. The Balaban J connectivity index is 1.91. The van der Waals surface area contributed by atoms with Gasteiger partial charge in [-0.25, -0.2) is 8.42 Å². The van der Waals surface area contributed by atoms with Gasteiger partial charge in [0.15, 0.2) is 9.84 Å². The summed E-state index contributed by atoms with van der Waals surface area (Å²) in [4.78, 5) is 0.332. The molecule has 96 valence electrons. The molecule has 0 saturated heterocycles. The van der Waals surface area contributed by atoms with Gasteiger partial charge in [0.2, 0.25) is 0 Å². The highest BCUT2D eigenvalue weighted by Gasteiger charge is 2.05. The number of rotatable bonds is 5. The van der Waals surface area contributed by atoms with Crippen molar-refractivity contribution >= 4 is 15.5 Å². The van der Waals surface area contributed by atoms with Crippen LogP contribution >= 0.6 is 0 Å². The second-order valence-corrected chi connectivity index (χ2v) is 6.07. The monoisotopic (exact) mass is 265 g/mol.